The molecule has 1 atom stereocenters. The van der Waals surface area contributed by atoms with Crippen LogP contribution in [0, 0.1) is 5.92 Å². The van der Waals surface area contributed by atoms with Crippen molar-refractivity contribution in [1.29, 1.82) is 0 Å². The van der Waals surface area contributed by atoms with Crippen molar-refractivity contribution in [3.8, 4) is 0 Å². The van der Waals surface area contributed by atoms with Crippen LogP contribution in [-0.4, -0.2) is 36.4 Å². The third-order valence-electron chi connectivity index (χ3n) is 3.26. The Labute approximate surface area is 128 Å². The van der Waals surface area contributed by atoms with Gasteiger partial charge in [0, 0.05) is 18.0 Å². The average molecular weight is 362 g/mol. The van der Waals surface area contributed by atoms with Gasteiger partial charge in [-0.15, -0.1) is 0 Å². The van der Waals surface area contributed by atoms with Gasteiger partial charge in [-0.25, -0.2) is 18.4 Å². The third kappa shape index (κ3) is 4.15. The molecule has 0 aromatic carbocycles. The first kappa shape index (κ1) is 15.7. The minimum absolute atomic E-state index is 0.128. The van der Waals surface area contributed by atoms with Gasteiger partial charge in [-0.2, -0.15) is 0 Å². The second-order valence-corrected chi connectivity index (χ2v) is 9.34. The van der Waals surface area contributed by atoms with E-state index in [2.05, 4.69) is 52.0 Å². The van der Waals surface area contributed by atoms with Crippen LogP contribution in [0.4, 0.5) is 5.82 Å². The van der Waals surface area contributed by atoms with Crippen LogP contribution < -0.4 is 5.32 Å². The maximum Gasteiger partial charge on any atom is 0.150 e. The Morgan fingerprint density at radius 2 is 2.10 bits per heavy atom. The van der Waals surface area contributed by atoms with Gasteiger partial charge in [0.2, 0.25) is 0 Å². The van der Waals surface area contributed by atoms with Crippen LogP contribution in [0.25, 0.3) is 0 Å². The quantitative estimate of drug-likeness (QED) is 0.836. The topological polar surface area (TPSA) is 72.0 Å². The first-order valence-electron chi connectivity index (χ1n) is 6.65. The van der Waals surface area contributed by atoms with E-state index in [1.165, 1.54) is 0 Å². The van der Waals surface area contributed by atoms with E-state index in [1.54, 1.807) is 0 Å². The summed E-state index contributed by atoms with van der Waals surface area (Å²) in [5, 5.41) is 3.23. The number of hydrogen-bond acceptors (Lipinski definition) is 5. The summed E-state index contributed by atoms with van der Waals surface area (Å²) in [6.45, 7) is 6.80. The fourth-order valence-electron chi connectivity index (χ4n) is 2.13. The molecule has 0 aliphatic carbocycles. The summed E-state index contributed by atoms with van der Waals surface area (Å²) in [6, 6.07) is 1.82. The van der Waals surface area contributed by atoms with Gasteiger partial charge in [0.1, 0.15) is 16.2 Å². The summed E-state index contributed by atoms with van der Waals surface area (Å²) in [4.78, 5) is 8.88. The van der Waals surface area contributed by atoms with Crippen molar-refractivity contribution in [3.05, 3.63) is 16.5 Å². The second kappa shape index (κ2) is 5.60. The molecule has 5 nitrogen and oxygen atoms in total. The van der Waals surface area contributed by atoms with Gasteiger partial charge in [-0.3, -0.25) is 0 Å². The molecule has 112 valence electrons. The normalized spacial score (nSPS) is 21.9. The Kier molecular flexibility index (Phi) is 4.39. The van der Waals surface area contributed by atoms with E-state index in [0.717, 1.165) is 22.7 Å². The summed E-state index contributed by atoms with van der Waals surface area (Å²) in [7, 11) is -2.82. The molecule has 1 aliphatic rings. The average Bonchev–Trinajstić information content (AvgIpc) is 2.64. The first-order valence-corrected chi connectivity index (χ1v) is 9.26. The molecule has 7 heteroatoms. The van der Waals surface area contributed by atoms with Crippen molar-refractivity contribution in [3.63, 3.8) is 0 Å². The summed E-state index contributed by atoms with van der Waals surface area (Å²) in [5.41, 5.74) is -0.128. The van der Waals surface area contributed by atoms with E-state index in [4.69, 9.17) is 0 Å². The van der Waals surface area contributed by atoms with E-state index < -0.39 is 9.84 Å². The number of aromatic nitrogens is 2. The largest absolute Gasteiger partial charge is 0.370 e. The zero-order valence-electron chi connectivity index (χ0n) is 12.0. The molecule has 2 heterocycles. The van der Waals surface area contributed by atoms with Gasteiger partial charge in [-0.05, 0) is 28.3 Å². The maximum atomic E-state index is 11.4. The molecule has 0 radical (unpaired) electrons. The number of hydrogen-bond donors (Lipinski definition) is 1. The molecular weight excluding hydrogens is 342 g/mol. The number of anilines is 1. The fraction of sp³-hybridized carbons (Fsp3) is 0.692. The number of sulfone groups is 1. The van der Waals surface area contributed by atoms with E-state index in [-0.39, 0.29) is 17.1 Å². The van der Waals surface area contributed by atoms with Crippen LogP contribution in [0.3, 0.4) is 0 Å². The van der Waals surface area contributed by atoms with Crippen LogP contribution in [0.2, 0.25) is 0 Å². The van der Waals surface area contributed by atoms with Crippen LogP contribution in [0.5, 0.6) is 0 Å². The smallest absolute Gasteiger partial charge is 0.150 e. The highest BCUT2D eigenvalue weighted by atomic mass is 79.9. The van der Waals surface area contributed by atoms with Gasteiger partial charge in [0.25, 0.3) is 0 Å². The standard InChI is InChI=1S/C13H20BrN3O2S/c1-13(2,3)12-16-10(14)6-11(17-12)15-7-9-4-5-20(18,19)8-9/h6,9H,4-5,7-8H2,1-3H3,(H,15,16,17). The molecule has 2 rings (SSSR count). The Bertz CT molecular complexity index is 596. The van der Waals surface area contributed by atoms with Crippen molar-refractivity contribution >= 4 is 31.6 Å². The van der Waals surface area contributed by atoms with Crippen molar-refractivity contribution in [2.75, 3.05) is 23.4 Å². The lowest BCUT2D eigenvalue weighted by Crippen LogP contribution is -2.20. The minimum Gasteiger partial charge on any atom is -0.370 e. The van der Waals surface area contributed by atoms with Crippen molar-refractivity contribution in [2.45, 2.75) is 32.6 Å². The Morgan fingerprint density at radius 3 is 2.65 bits per heavy atom. The van der Waals surface area contributed by atoms with Gasteiger partial charge in [-0.1, -0.05) is 20.8 Å². The molecule has 1 saturated heterocycles. The molecular formula is C13H20BrN3O2S. The summed E-state index contributed by atoms with van der Waals surface area (Å²) in [6.07, 6.45) is 0.730. The summed E-state index contributed by atoms with van der Waals surface area (Å²) in [5.74, 6) is 2.25. The molecule has 0 amide bonds. The molecule has 0 saturated carbocycles. The van der Waals surface area contributed by atoms with Crippen molar-refractivity contribution in [2.24, 2.45) is 5.92 Å². The Balaban J connectivity index is 2.05. The second-order valence-electron chi connectivity index (χ2n) is 6.30. The van der Waals surface area contributed by atoms with Crippen LogP contribution in [0.15, 0.2) is 10.7 Å². The SMILES string of the molecule is CC(C)(C)c1nc(Br)cc(NCC2CCS(=O)(=O)C2)n1. The Morgan fingerprint density at radius 1 is 1.40 bits per heavy atom. The molecule has 1 aromatic rings. The monoisotopic (exact) mass is 361 g/mol. The Hall–Kier alpha value is -0.690. The number of nitrogens with one attached hydrogen (secondary N) is 1. The van der Waals surface area contributed by atoms with Crippen molar-refractivity contribution in [1.82, 2.24) is 9.97 Å². The first-order chi connectivity index (χ1) is 9.16. The number of halogens is 1. The van der Waals surface area contributed by atoms with E-state index in [1.807, 2.05) is 6.07 Å². The van der Waals surface area contributed by atoms with E-state index in [0.29, 0.717) is 12.3 Å². The zero-order chi connectivity index (χ0) is 15.0. The van der Waals surface area contributed by atoms with Gasteiger partial charge in [0.05, 0.1) is 11.5 Å². The van der Waals surface area contributed by atoms with E-state index in [9.17, 15) is 8.42 Å². The van der Waals surface area contributed by atoms with Gasteiger partial charge < -0.3 is 5.32 Å². The molecule has 20 heavy (non-hydrogen) atoms. The van der Waals surface area contributed by atoms with Gasteiger partial charge >= 0.3 is 0 Å². The lowest BCUT2D eigenvalue weighted by atomic mass is 9.96. The highest BCUT2D eigenvalue weighted by molar-refractivity contribution is 9.10. The number of rotatable bonds is 3. The molecule has 1 aliphatic heterocycles. The summed E-state index contributed by atoms with van der Waals surface area (Å²) < 4.78 is 23.6. The highest BCUT2D eigenvalue weighted by Crippen LogP contribution is 2.23. The fourth-order valence-corrected chi connectivity index (χ4v) is 4.37. The van der Waals surface area contributed by atoms with Gasteiger partial charge in [0.15, 0.2) is 9.84 Å². The predicted molar refractivity (Wildman–Crippen MR) is 83.7 cm³/mol. The minimum atomic E-state index is -2.82. The predicted octanol–water partition coefficient (Wildman–Crippen LogP) is 2.38. The molecule has 1 fully saturated rings. The third-order valence-corrected chi connectivity index (χ3v) is 5.51. The van der Waals surface area contributed by atoms with Crippen LogP contribution in [-0.2, 0) is 15.3 Å². The maximum absolute atomic E-state index is 11.4. The molecule has 1 unspecified atom stereocenters. The van der Waals surface area contributed by atoms with Crippen LogP contribution >= 0.6 is 15.9 Å². The lowest BCUT2D eigenvalue weighted by Gasteiger charge is -2.18. The van der Waals surface area contributed by atoms with Crippen molar-refractivity contribution < 1.29 is 8.42 Å². The molecule has 0 spiro atoms. The molecule has 0 bridgehead atoms. The molecule has 1 aromatic heterocycles. The summed E-state index contributed by atoms with van der Waals surface area (Å²) >= 11 is 3.39. The number of nitrogens with zero attached hydrogens (tertiary/aromatic N) is 2. The lowest BCUT2D eigenvalue weighted by molar-refractivity contribution is 0.543. The highest BCUT2D eigenvalue weighted by Gasteiger charge is 2.27. The van der Waals surface area contributed by atoms with Crippen LogP contribution in [0.1, 0.15) is 33.0 Å². The molecule has 1 N–H and O–H groups in total. The van der Waals surface area contributed by atoms with E-state index >= 15 is 0 Å². The zero-order valence-corrected chi connectivity index (χ0v) is 14.4.